The third-order valence-electron chi connectivity index (χ3n) is 4.91. The van der Waals surface area contributed by atoms with Crippen LogP contribution < -0.4 is 0 Å². The Labute approximate surface area is 193 Å². The summed E-state index contributed by atoms with van der Waals surface area (Å²) in [5.74, 6) is 2.95. The summed E-state index contributed by atoms with van der Waals surface area (Å²) in [6, 6.07) is 19.5. The summed E-state index contributed by atoms with van der Waals surface area (Å²) in [5.41, 5.74) is 2.80. The van der Waals surface area contributed by atoms with Crippen LogP contribution in [0, 0.1) is 6.92 Å². The second kappa shape index (κ2) is 9.02. The summed E-state index contributed by atoms with van der Waals surface area (Å²) < 4.78 is 13.0. The summed E-state index contributed by atoms with van der Waals surface area (Å²) in [6.45, 7) is 2.54. The van der Waals surface area contributed by atoms with Crippen LogP contribution >= 0.6 is 23.4 Å². The Morgan fingerprint density at radius 3 is 2.56 bits per heavy atom. The first kappa shape index (κ1) is 20.5. The topological polar surface area (TPSA) is 82.8 Å². The maximum Gasteiger partial charge on any atom is 0.237 e. The zero-order valence-corrected chi connectivity index (χ0v) is 18.7. The lowest BCUT2D eigenvalue weighted by atomic mass is 10.2. The highest BCUT2D eigenvalue weighted by Crippen LogP contribution is 2.30. The first-order valence-corrected chi connectivity index (χ1v) is 11.3. The Hall–Kier alpha value is -3.36. The summed E-state index contributed by atoms with van der Waals surface area (Å²) in [5, 5.41) is 14.3. The van der Waals surface area contributed by atoms with Crippen molar-refractivity contribution in [2.75, 3.05) is 0 Å². The molecule has 0 amide bonds. The van der Waals surface area contributed by atoms with Gasteiger partial charge < -0.3 is 8.94 Å². The van der Waals surface area contributed by atoms with Gasteiger partial charge in [-0.05, 0) is 30.7 Å². The van der Waals surface area contributed by atoms with E-state index < -0.39 is 0 Å². The van der Waals surface area contributed by atoms with E-state index in [1.165, 1.54) is 11.8 Å². The maximum absolute atomic E-state index is 6.25. The van der Waals surface area contributed by atoms with Crippen LogP contribution in [0.4, 0.5) is 0 Å². The van der Waals surface area contributed by atoms with Gasteiger partial charge in [-0.3, -0.25) is 4.57 Å². The molecule has 0 atom stereocenters. The van der Waals surface area contributed by atoms with E-state index in [2.05, 4.69) is 37.0 Å². The minimum atomic E-state index is 0.453. The van der Waals surface area contributed by atoms with Gasteiger partial charge in [0.25, 0.3) is 0 Å². The molecule has 0 aliphatic heterocycles. The molecule has 5 aromatic rings. The molecule has 0 bridgehead atoms. The highest BCUT2D eigenvalue weighted by Gasteiger charge is 2.19. The molecular weight excluding hydrogens is 446 g/mol. The minimum Gasteiger partial charge on any atom is -0.469 e. The van der Waals surface area contributed by atoms with Crippen LogP contribution in [0.2, 0.25) is 5.02 Å². The average Bonchev–Trinajstić information content (AvgIpc) is 3.54. The number of aryl methyl sites for hydroxylation is 1. The molecule has 5 rings (SSSR count). The van der Waals surface area contributed by atoms with Crippen LogP contribution in [0.15, 0.2) is 81.0 Å². The Morgan fingerprint density at radius 2 is 1.78 bits per heavy atom. The highest BCUT2D eigenvalue weighted by molar-refractivity contribution is 7.98. The zero-order valence-electron chi connectivity index (χ0n) is 17.1. The number of nitrogens with zero attached hydrogens (tertiary/aromatic N) is 5. The number of furan rings is 1. The largest absolute Gasteiger partial charge is 0.469 e. The van der Waals surface area contributed by atoms with Gasteiger partial charge >= 0.3 is 0 Å². The van der Waals surface area contributed by atoms with Crippen molar-refractivity contribution in [1.29, 1.82) is 0 Å². The lowest BCUT2D eigenvalue weighted by Gasteiger charge is -2.09. The number of rotatable bonds is 7. The van der Waals surface area contributed by atoms with Crippen LogP contribution in [-0.4, -0.2) is 24.9 Å². The van der Waals surface area contributed by atoms with E-state index >= 15 is 0 Å². The predicted molar refractivity (Wildman–Crippen MR) is 122 cm³/mol. The predicted octanol–water partition coefficient (Wildman–Crippen LogP) is 5.89. The van der Waals surface area contributed by atoms with E-state index in [0.29, 0.717) is 29.0 Å². The molecule has 0 N–H and O–H groups in total. The third kappa shape index (κ3) is 4.19. The molecule has 0 aliphatic rings. The molecule has 9 heteroatoms. The molecule has 3 heterocycles. The number of benzene rings is 2. The Kier molecular flexibility index (Phi) is 5.79. The first-order valence-electron chi connectivity index (χ1n) is 9.91. The zero-order chi connectivity index (χ0) is 21.9. The minimum absolute atomic E-state index is 0.453. The quantitative estimate of drug-likeness (QED) is 0.278. The lowest BCUT2D eigenvalue weighted by molar-refractivity contribution is 0.391. The van der Waals surface area contributed by atoms with E-state index in [9.17, 15) is 0 Å². The number of hydrogen-bond donors (Lipinski definition) is 0. The van der Waals surface area contributed by atoms with Crippen molar-refractivity contribution >= 4 is 23.4 Å². The van der Waals surface area contributed by atoms with Crippen molar-refractivity contribution in [3.05, 3.63) is 89.2 Å². The molecule has 0 saturated heterocycles. The molecule has 0 aliphatic carbocycles. The van der Waals surface area contributed by atoms with Crippen LogP contribution in [0.5, 0.6) is 0 Å². The second-order valence-electron chi connectivity index (χ2n) is 7.05. The van der Waals surface area contributed by atoms with E-state index in [4.69, 9.17) is 20.5 Å². The van der Waals surface area contributed by atoms with Gasteiger partial charge in [-0.1, -0.05) is 71.0 Å². The monoisotopic (exact) mass is 463 g/mol. The molecule has 0 fully saturated rings. The van der Waals surface area contributed by atoms with Crippen LogP contribution in [-0.2, 0) is 12.3 Å². The van der Waals surface area contributed by atoms with Gasteiger partial charge in [-0.2, -0.15) is 4.98 Å². The molecule has 3 aromatic heterocycles. The van der Waals surface area contributed by atoms with Gasteiger partial charge in [0.15, 0.2) is 11.0 Å². The molecule has 7 nitrogen and oxygen atoms in total. The third-order valence-corrected chi connectivity index (χ3v) is 6.19. The summed E-state index contributed by atoms with van der Waals surface area (Å²) >= 11 is 7.73. The Morgan fingerprint density at radius 1 is 0.969 bits per heavy atom. The second-order valence-corrected chi connectivity index (χ2v) is 8.40. The lowest BCUT2D eigenvalue weighted by Crippen LogP contribution is -2.04. The van der Waals surface area contributed by atoms with Crippen LogP contribution in [0.25, 0.3) is 22.8 Å². The normalized spacial score (nSPS) is 11.2. The van der Waals surface area contributed by atoms with Crippen molar-refractivity contribution in [1.82, 2.24) is 24.9 Å². The Bertz CT molecular complexity index is 1350. The average molecular weight is 464 g/mol. The standard InChI is InChI=1S/C23H18ClN5O2S/c1-15-17(11-12-30-15)22-26-27-23(29(22)13-16-7-3-2-4-8-16)32-14-20-25-21(28-31-20)18-9-5-6-10-19(18)24/h2-12H,13-14H2,1H3. The summed E-state index contributed by atoms with van der Waals surface area (Å²) in [4.78, 5) is 4.49. The summed E-state index contributed by atoms with van der Waals surface area (Å²) in [6.07, 6.45) is 1.66. The smallest absolute Gasteiger partial charge is 0.237 e. The van der Waals surface area contributed by atoms with Gasteiger partial charge in [0, 0.05) is 5.56 Å². The molecule has 2 aromatic carbocycles. The molecule has 0 saturated carbocycles. The number of halogens is 1. The van der Waals surface area contributed by atoms with Crippen LogP contribution in [0.1, 0.15) is 17.2 Å². The SMILES string of the molecule is Cc1occc1-c1nnc(SCc2nc(-c3ccccc3Cl)no2)n1Cc1ccccc1. The van der Waals surface area contributed by atoms with Gasteiger partial charge in [0.05, 0.1) is 29.1 Å². The van der Waals surface area contributed by atoms with Crippen molar-refractivity contribution in [2.24, 2.45) is 0 Å². The molecule has 0 radical (unpaired) electrons. The fourth-order valence-corrected chi connectivity index (χ4v) is 4.31. The van der Waals surface area contributed by atoms with E-state index in [0.717, 1.165) is 33.4 Å². The molecule has 32 heavy (non-hydrogen) atoms. The summed E-state index contributed by atoms with van der Waals surface area (Å²) in [7, 11) is 0. The molecule has 0 unspecified atom stereocenters. The number of thioether (sulfide) groups is 1. The van der Waals surface area contributed by atoms with E-state index in [1.807, 2.05) is 49.4 Å². The van der Waals surface area contributed by atoms with Crippen molar-refractivity contribution in [3.63, 3.8) is 0 Å². The fourth-order valence-electron chi connectivity index (χ4n) is 3.31. The van der Waals surface area contributed by atoms with Gasteiger partial charge in [-0.15, -0.1) is 10.2 Å². The van der Waals surface area contributed by atoms with Crippen molar-refractivity contribution < 1.29 is 8.94 Å². The fraction of sp³-hybridized carbons (Fsp3) is 0.130. The van der Waals surface area contributed by atoms with E-state index in [-0.39, 0.29) is 0 Å². The molecular formula is C23H18ClN5O2S. The van der Waals surface area contributed by atoms with Gasteiger partial charge in [0.1, 0.15) is 5.76 Å². The maximum atomic E-state index is 6.25. The van der Waals surface area contributed by atoms with Crippen molar-refractivity contribution in [3.8, 4) is 22.8 Å². The number of aromatic nitrogens is 5. The highest BCUT2D eigenvalue weighted by atomic mass is 35.5. The van der Waals surface area contributed by atoms with Gasteiger partial charge in [0.2, 0.25) is 11.7 Å². The van der Waals surface area contributed by atoms with Gasteiger partial charge in [-0.25, -0.2) is 0 Å². The number of hydrogen-bond acceptors (Lipinski definition) is 7. The van der Waals surface area contributed by atoms with Crippen LogP contribution in [0.3, 0.4) is 0 Å². The molecule has 160 valence electrons. The van der Waals surface area contributed by atoms with Crippen molar-refractivity contribution in [2.45, 2.75) is 24.4 Å². The van der Waals surface area contributed by atoms with E-state index in [1.54, 1.807) is 12.3 Å². The first-order chi connectivity index (χ1) is 15.7. The Balaban J connectivity index is 1.41. The molecule has 0 spiro atoms.